The minimum atomic E-state index is -1.51. The van der Waals surface area contributed by atoms with Gasteiger partial charge in [-0.05, 0) is 37.8 Å². The van der Waals surface area contributed by atoms with Gasteiger partial charge in [-0.2, -0.15) is 0 Å². The quantitative estimate of drug-likeness (QED) is 0.443. The average Bonchev–Trinajstić information content (AvgIpc) is 2.58. The van der Waals surface area contributed by atoms with Crippen molar-refractivity contribution in [1.29, 1.82) is 0 Å². The van der Waals surface area contributed by atoms with Crippen LogP contribution in [0, 0.1) is 15.5 Å². The summed E-state index contributed by atoms with van der Waals surface area (Å²) in [7, 11) is 0. The number of nitro benzene ring substituents is 1. The predicted molar refractivity (Wildman–Crippen MR) is 90.5 cm³/mol. The number of carbonyl (C=O) groups is 3. The molecule has 0 aromatic heterocycles. The number of urea groups is 1. The van der Waals surface area contributed by atoms with Crippen LogP contribution >= 0.6 is 0 Å². The molecule has 1 spiro atoms. The standard InChI is InChI=1S/C17H18N4O5/c1-16-6-2-3-7-20(16)12-5-4-11(21(25)26)8-10(12)9-17(16)13(22)18-15(24)19-14(17)23/h4-5,8H,2-3,6-7,9H2,1H3,(H2,18,19,22,23,24)/t16-/m1/s1. The van der Waals surface area contributed by atoms with Crippen molar-refractivity contribution in [3.05, 3.63) is 33.9 Å². The van der Waals surface area contributed by atoms with E-state index in [9.17, 15) is 24.5 Å². The van der Waals surface area contributed by atoms with Crippen LogP contribution in [0.15, 0.2) is 18.2 Å². The number of hydrogen-bond acceptors (Lipinski definition) is 6. The van der Waals surface area contributed by atoms with Crippen molar-refractivity contribution >= 4 is 29.2 Å². The van der Waals surface area contributed by atoms with E-state index in [0.717, 1.165) is 18.5 Å². The number of imide groups is 2. The number of hydrogen-bond donors (Lipinski definition) is 2. The monoisotopic (exact) mass is 358 g/mol. The highest BCUT2D eigenvalue weighted by atomic mass is 16.6. The number of non-ortho nitro benzene ring substituents is 1. The van der Waals surface area contributed by atoms with Crippen molar-refractivity contribution in [2.75, 3.05) is 11.4 Å². The summed E-state index contributed by atoms with van der Waals surface area (Å²) in [5, 5.41) is 15.6. The Morgan fingerprint density at radius 1 is 1.15 bits per heavy atom. The molecule has 2 N–H and O–H groups in total. The summed E-state index contributed by atoms with van der Waals surface area (Å²) in [5.74, 6) is -1.28. The van der Waals surface area contributed by atoms with Crippen molar-refractivity contribution in [2.24, 2.45) is 5.41 Å². The van der Waals surface area contributed by atoms with E-state index in [-0.39, 0.29) is 12.1 Å². The fourth-order valence-electron chi connectivity index (χ4n) is 4.72. The third-order valence-corrected chi connectivity index (χ3v) is 6.06. The van der Waals surface area contributed by atoms with Crippen LogP contribution in [-0.4, -0.2) is 34.9 Å². The van der Waals surface area contributed by atoms with Gasteiger partial charge in [0.25, 0.3) is 5.69 Å². The first kappa shape index (κ1) is 16.5. The molecule has 2 fully saturated rings. The van der Waals surface area contributed by atoms with E-state index in [1.54, 1.807) is 6.07 Å². The van der Waals surface area contributed by atoms with Crippen LogP contribution in [0.5, 0.6) is 0 Å². The van der Waals surface area contributed by atoms with E-state index < -0.39 is 33.7 Å². The molecule has 4 amide bonds. The number of anilines is 1. The average molecular weight is 358 g/mol. The van der Waals surface area contributed by atoms with E-state index in [0.29, 0.717) is 18.5 Å². The topological polar surface area (TPSA) is 122 Å². The molecule has 4 rings (SSSR count). The molecule has 0 saturated carbocycles. The summed E-state index contributed by atoms with van der Waals surface area (Å²) in [6.45, 7) is 2.50. The van der Waals surface area contributed by atoms with E-state index in [1.165, 1.54) is 12.1 Å². The van der Waals surface area contributed by atoms with Crippen molar-refractivity contribution in [3.63, 3.8) is 0 Å². The van der Waals surface area contributed by atoms with Crippen molar-refractivity contribution in [1.82, 2.24) is 10.6 Å². The molecular weight excluding hydrogens is 340 g/mol. The number of amides is 4. The van der Waals surface area contributed by atoms with Crippen molar-refractivity contribution in [2.45, 2.75) is 38.1 Å². The number of rotatable bonds is 1. The maximum Gasteiger partial charge on any atom is 0.328 e. The van der Waals surface area contributed by atoms with Gasteiger partial charge in [0.1, 0.15) is 0 Å². The number of nitrogens with zero attached hydrogens (tertiary/aromatic N) is 2. The minimum absolute atomic E-state index is 0.0158. The van der Waals surface area contributed by atoms with Crippen molar-refractivity contribution in [3.8, 4) is 0 Å². The van der Waals surface area contributed by atoms with Crippen LogP contribution in [0.2, 0.25) is 0 Å². The van der Waals surface area contributed by atoms with Gasteiger partial charge in [-0.25, -0.2) is 4.79 Å². The smallest absolute Gasteiger partial charge is 0.328 e. The zero-order valence-electron chi connectivity index (χ0n) is 14.2. The Hall–Kier alpha value is -2.97. The normalized spacial score (nSPS) is 26.7. The molecular formula is C17H18N4O5. The highest BCUT2D eigenvalue weighted by Gasteiger charge is 2.66. The molecule has 0 unspecified atom stereocenters. The molecule has 9 nitrogen and oxygen atoms in total. The van der Waals surface area contributed by atoms with E-state index in [1.807, 2.05) is 11.8 Å². The molecule has 0 bridgehead atoms. The number of benzene rings is 1. The number of carbonyl (C=O) groups excluding carboxylic acids is 3. The van der Waals surface area contributed by atoms with Gasteiger partial charge in [-0.1, -0.05) is 0 Å². The van der Waals surface area contributed by atoms with E-state index in [2.05, 4.69) is 10.6 Å². The van der Waals surface area contributed by atoms with Gasteiger partial charge in [-0.3, -0.25) is 30.3 Å². The molecule has 1 atom stereocenters. The van der Waals surface area contributed by atoms with E-state index in [4.69, 9.17) is 0 Å². The number of piperidine rings is 1. The molecule has 9 heteroatoms. The lowest BCUT2D eigenvalue weighted by Gasteiger charge is -2.59. The second-order valence-corrected chi connectivity index (χ2v) is 7.27. The summed E-state index contributed by atoms with van der Waals surface area (Å²) in [4.78, 5) is 50.1. The minimum Gasteiger partial charge on any atom is -0.364 e. The van der Waals surface area contributed by atoms with Gasteiger partial charge >= 0.3 is 6.03 Å². The molecule has 136 valence electrons. The zero-order valence-corrected chi connectivity index (χ0v) is 14.2. The maximum atomic E-state index is 12.9. The lowest BCUT2D eigenvalue weighted by molar-refractivity contribution is -0.384. The number of fused-ring (bicyclic) bond motifs is 4. The van der Waals surface area contributed by atoms with Crippen LogP contribution in [0.3, 0.4) is 0 Å². The van der Waals surface area contributed by atoms with Crippen molar-refractivity contribution < 1.29 is 19.3 Å². The molecule has 3 aliphatic heterocycles. The first-order valence-corrected chi connectivity index (χ1v) is 8.51. The Labute approximate surface area is 148 Å². The van der Waals surface area contributed by atoms with Crippen LogP contribution in [0.25, 0.3) is 0 Å². The molecule has 3 aliphatic rings. The summed E-state index contributed by atoms with van der Waals surface area (Å²) in [5.41, 5.74) is -1.04. The Bertz CT molecular complexity index is 847. The van der Waals surface area contributed by atoms with Gasteiger partial charge in [0.05, 0.1) is 10.5 Å². The van der Waals surface area contributed by atoms with Crippen LogP contribution in [0.4, 0.5) is 16.2 Å². The first-order chi connectivity index (χ1) is 12.3. The first-order valence-electron chi connectivity index (χ1n) is 8.51. The highest BCUT2D eigenvalue weighted by Crippen LogP contribution is 2.53. The summed E-state index contributed by atoms with van der Waals surface area (Å²) >= 11 is 0. The number of nitrogens with one attached hydrogen (secondary N) is 2. The van der Waals surface area contributed by atoms with Gasteiger partial charge in [0, 0.05) is 30.8 Å². The summed E-state index contributed by atoms with van der Waals surface area (Å²) < 4.78 is 0. The lowest BCUT2D eigenvalue weighted by Crippen LogP contribution is -2.76. The van der Waals surface area contributed by atoms with E-state index >= 15 is 0 Å². The van der Waals surface area contributed by atoms with Crippen LogP contribution < -0.4 is 15.5 Å². The highest BCUT2D eigenvalue weighted by molar-refractivity contribution is 6.21. The Morgan fingerprint density at radius 2 is 1.85 bits per heavy atom. The second kappa shape index (κ2) is 5.26. The Kier molecular flexibility index (Phi) is 3.34. The van der Waals surface area contributed by atoms with Gasteiger partial charge in [-0.15, -0.1) is 0 Å². The van der Waals surface area contributed by atoms with Crippen LogP contribution in [-0.2, 0) is 16.0 Å². The van der Waals surface area contributed by atoms with Gasteiger partial charge in [0.2, 0.25) is 11.8 Å². The third-order valence-electron chi connectivity index (χ3n) is 6.06. The molecule has 1 aromatic carbocycles. The Morgan fingerprint density at radius 3 is 2.50 bits per heavy atom. The SMILES string of the molecule is C[C@]12CCCCN1c1ccc([N+](=O)[O-])cc1CC21C(=O)NC(=O)NC1=O. The summed E-state index contributed by atoms with van der Waals surface area (Å²) in [6, 6.07) is 3.72. The Balaban J connectivity index is 1.94. The summed E-state index contributed by atoms with van der Waals surface area (Å²) in [6.07, 6.45) is 2.37. The van der Waals surface area contributed by atoms with Gasteiger partial charge < -0.3 is 4.90 Å². The second-order valence-electron chi connectivity index (χ2n) is 7.27. The molecule has 0 aliphatic carbocycles. The van der Waals surface area contributed by atoms with Crippen LogP contribution in [0.1, 0.15) is 31.7 Å². The number of barbiturate groups is 1. The third kappa shape index (κ3) is 1.94. The zero-order chi connectivity index (χ0) is 18.7. The molecule has 26 heavy (non-hydrogen) atoms. The lowest BCUT2D eigenvalue weighted by atomic mass is 9.58. The predicted octanol–water partition coefficient (Wildman–Crippen LogP) is 1.25. The van der Waals surface area contributed by atoms with Gasteiger partial charge in [0.15, 0.2) is 5.41 Å². The maximum absolute atomic E-state index is 12.9. The molecule has 2 saturated heterocycles. The fourth-order valence-corrected chi connectivity index (χ4v) is 4.72. The molecule has 0 radical (unpaired) electrons. The molecule has 1 aromatic rings. The largest absolute Gasteiger partial charge is 0.364 e. The molecule has 3 heterocycles. The fraction of sp³-hybridized carbons (Fsp3) is 0.471. The number of nitro groups is 1.